The Labute approximate surface area is 109 Å². The van der Waals surface area contributed by atoms with Crippen LogP contribution in [-0.2, 0) is 0 Å². The maximum Gasteiger partial charge on any atom is 0.313 e. The maximum atomic E-state index is 11.1. The smallest absolute Gasteiger partial charge is 0.313 e. The minimum Gasteiger partial charge on any atom is -0.354 e. The predicted octanol–water partition coefficient (Wildman–Crippen LogP) is 2.19. The molecule has 2 heterocycles. The van der Waals surface area contributed by atoms with E-state index in [1.165, 1.54) is 6.20 Å². The molecule has 2 rings (SSSR count). The highest BCUT2D eigenvalue weighted by Gasteiger charge is 2.20. The van der Waals surface area contributed by atoms with Crippen molar-refractivity contribution in [3.05, 3.63) is 40.3 Å². The number of anilines is 1. The van der Waals surface area contributed by atoms with Gasteiger partial charge in [-0.25, -0.2) is 9.97 Å². The second-order valence-electron chi connectivity index (χ2n) is 3.91. The molecule has 0 aliphatic rings. The summed E-state index contributed by atoms with van der Waals surface area (Å²) in [5, 5.41) is 14.0. The SMILES string of the molecule is CCNc1ncc([N+](=O)[O-])c(-c2ccncc2C)n1. The first kappa shape index (κ1) is 12.9. The highest BCUT2D eigenvalue weighted by Crippen LogP contribution is 2.29. The maximum absolute atomic E-state index is 11.1. The molecule has 0 fully saturated rings. The molecule has 0 radical (unpaired) electrons. The zero-order valence-corrected chi connectivity index (χ0v) is 10.6. The third kappa shape index (κ3) is 2.65. The Morgan fingerprint density at radius 1 is 1.42 bits per heavy atom. The van der Waals surface area contributed by atoms with Gasteiger partial charge in [-0.1, -0.05) is 0 Å². The second kappa shape index (κ2) is 5.38. The minimum absolute atomic E-state index is 0.115. The van der Waals surface area contributed by atoms with Gasteiger partial charge >= 0.3 is 5.69 Å². The van der Waals surface area contributed by atoms with Crippen molar-refractivity contribution in [2.24, 2.45) is 0 Å². The monoisotopic (exact) mass is 259 g/mol. The van der Waals surface area contributed by atoms with E-state index in [-0.39, 0.29) is 5.69 Å². The standard InChI is InChI=1S/C12H13N5O2/c1-3-14-12-15-7-10(17(18)19)11(16-12)9-4-5-13-6-8(9)2/h4-7H,3H2,1-2H3,(H,14,15,16). The number of hydrogen-bond donors (Lipinski definition) is 1. The van der Waals surface area contributed by atoms with E-state index < -0.39 is 4.92 Å². The first-order valence-electron chi connectivity index (χ1n) is 5.79. The summed E-state index contributed by atoms with van der Waals surface area (Å²) in [4.78, 5) is 22.7. The highest BCUT2D eigenvalue weighted by molar-refractivity contribution is 5.72. The summed E-state index contributed by atoms with van der Waals surface area (Å²) >= 11 is 0. The van der Waals surface area contributed by atoms with Crippen molar-refractivity contribution < 1.29 is 4.92 Å². The van der Waals surface area contributed by atoms with Crippen LogP contribution in [-0.4, -0.2) is 26.4 Å². The van der Waals surface area contributed by atoms with Gasteiger partial charge in [0.2, 0.25) is 5.95 Å². The average Bonchev–Trinajstić information content (AvgIpc) is 2.39. The number of hydrogen-bond acceptors (Lipinski definition) is 6. The topological polar surface area (TPSA) is 93.8 Å². The quantitative estimate of drug-likeness (QED) is 0.668. The van der Waals surface area contributed by atoms with Crippen molar-refractivity contribution >= 4 is 11.6 Å². The molecule has 0 bridgehead atoms. The predicted molar refractivity (Wildman–Crippen MR) is 70.8 cm³/mol. The van der Waals surface area contributed by atoms with Gasteiger partial charge in [0, 0.05) is 24.5 Å². The van der Waals surface area contributed by atoms with Gasteiger partial charge < -0.3 is 5.32 Å². The zero-order chi connectivity index (χ0) is 13.8. The van der Waals surface area contributed by atoms with E-state index in [0.717, 1.165) is 5.56 Å². The Kier molecular flexibility index (Phi) is 3.65. The average molecular weight is 259 g/mol. The van der Waals surface area contributed by atoms with Crippen LogP contribution in [0.2, 0.25) is 0 Å². The Morgan fingerprint density at radius 3 is 2.84 bits per heavy atom. The molecular weight excluding hydrogens is 246 g/mol. The second-order valence-corrected chi connectivity index (χ2v) is 3.91. The van der Waals surface area contributed by atoms with Gasteiger partial charge in [0.15, 0.2) is 5.69 Å². The largest absolute Gasteiger partial charge is 0.354 e. The molecule has 0 atom stereocenters. The fraction of sp³-hybridized carbons (Fsp3) is 0.250. The van der Waals surface area contributed by atoms with Crippen LogP contribution in [0.4, 0.5) is 11.6 Å². The van der Waals surface area contributed by atoms with Crippen LogP contribution in [0.15, 0.2) is 24.7 Å². The number of rotatable bonds is 4. The van der Waals surface area contributed by atoms with E-state index >= 15 is 0 Å². The Bertz CT molecular complexity index is 615. The van der Waals surface area contributed by atoms with Crippen LogP contribution >= 0.6 is 0 Å². The van der Waals surface area contributed by atoms with Crippen LogP contribution in [0.5, 0.6) is 0 Å². The third-order valence-electron chi connectivity index (χ3n) is 2.58. The summed E-state index contributed by atoms with van der Waals surface area (Å²) < 4.78 is 0. The van der Waals surface area contributed by atoms with Gasteiger partial charge in [0.05, 0.1) is 4.92 Å². The van der Waals surface area contributed by atoms with E-state index in [9.17, 15) is 10.1 Å². The lowest BCUT2D eigenvalue weighted by Crippen LogP contribution is -2.05. The van der Waals surface area contributed by atoms with E-state index in [0.29, 0.717) is 23.8 Å². The van der Waals surface area contributed by atoms with Gasteiger partial charge in [-0.3, -0.25) is 15.1 Å². The molecule has 0 unspecified atom stereocenters. The minimum atomic E-state index is -0.481. The molecule has 19 heavy (non-hydrogen) atoms. The molecular formula is C12H13N5O2. The van der Waals surface area contributed by atoms with E-state index in [2.05, 4.69) is 20.3 Å². The molecule has 0 aliphatic carbocycles. The number of aromatic nitrogens is 3. The molecule has 1 N–H and O–H groups in total. The third-order valence-corrected chi connectivity index (χ3v) is 2.58. The van der Waals surface area contributed by atoms with Crippen LogP contribution in [0, 0.1) is 17.0 Å². The number of nitro groups is 1. The zero-order valence-electron chi connectivity index (χ0n) is 10.6. The lowest BCUT2D eigenvalue weighted by Gasteiger charge is -2.07. The summed E-state index contributed by atoms with van der Waals surface area (Å²) in [5.41, 5.74) is 1.70. The van der Waals surface area contributed by atoms with Crippen LogP contribution in [0.3, 0.4) is 0 Å². The first-order valence-corrected chi connectivity index (χ1v) is 5.79. The van der Waals surface area contributed by atoms with Gasteiger partial charge in [0.1, 0.15) is 6.20 Å². The molecule has 0 saturated carbocycles. The van der Waals surface area contributed by atoms with E-state index in [4.69, 9.17) is 0 Å². The van der Waals surface area contributed by atoms with Crippen molar-refractivity contribution in [1.29, 1.82) is 0 Å². The molecule has 2 aromatic heterocycles. The van der Waals surface area contributed by atoms with Crippen LogP contribution in [0.25, 0.3) is 11.3 Å². The van der Waals surface area contributed by atoms with Crippen molar-refractivity contribution in [3.63, 3.8) is 0 Å². The molecule has 0 spiro atoms. The number of nitrogens with zero attached hydrogens (tertiary/aromatic N) is 4. The van der Waals surface area contributed by atoms with Crippen molar-refractivity contribution in [2.75, 3.05) is 11.9 Å². The summed E-state index contributed by atoms with van der Waals surface area (Å²) in [5.74, 6) is 0.374. The summed E-state index contributed by atoms with van der Waals surface area (Å²) in [6.45, 7) is 4.38. The lowest BCUT2D eigenvalue weighted by atomic mass is 10.1. The molecule has 7 heteroatoms. The lowest BCUT2D eigenvalue weighted by molar-refractivity contribution is -0.384. The van der Waals surface area contributed by atoms with E-state index in [1.54, 1.807) is 18.5 Å². The number of aryl methyl sites for hydroxylation is 1. The van der Waals surface area contributed by atoms with E-state index in [1.807, 2.05) is 13.8 Å². The van der Waals surface area contributed by atoms with Crippen molar-refractivity contribution in [3.8, 4) is 11.3 Å². The molecule has 0 amide bonds. The Hall–Kier alpha value is -2.57. The van der Waals surface area contributed by atoms with Gasteiger partial charge in [-0.2, -0.15) is 0 Å². The van der Waals surface area contributed by atoms with Crippen molar-refractivity contribution in [2.45, 2.75) is 13.8 Å². The van der Waals surface area contributed by atoms with Gasteiger partial charge in [0.25, 0.3) is 0 Å². The van der Waals surface area contributed by atoms with Crippen molar-refractivity contribution in [1.82, 2.24) is 15.0 Å². The Balaban J connectivity index is 2.61. The molecule has 0 saturated heterocycles. The van der Waals surface area contributed by atoms with Crippen LogP contribution in [0.1, 0.15) is 12.5 Å². The summed E-state index contributed by atoms with van der Waals surface area (Å²) in [7, 11) is 0. The molecule has 2 aromatic rings. The fourth-order valence-electron chi connectivity index (χ4n) is 1.69. The highest BCUT2D eigenvalue weighted by atomic mass is 16.6. The number of nitrogens with one attached hydrogen (secondary N) is 1. The normalized spacial score (nSPS) is 10.2. The van der Waals surface area contributed by atoms with Gasteiger partial charge in [-0.05, 0) is 25.5 Å². The first-order chi connectivity index (χ1) is 9.13. The summed E-state index contributed by atoms with van der Waals surface area (Å²) in [6, 6.07) is 1.71. The molecule has 7 nitrogen and oxygen atoms in total. The fourth-order valence-corrected chi connectivity index (χ4v) is 1.69. The molecule has 98 valence electrons. The number of pyridine rings is 1. The molecule has 0 aliphatic heterocycles. The molecule has 0 aromatic carbocycles. The van der Waals surface area contributed by atoms with Crippen LogP contribution < -0.4 is 5.32 Å². The Morgan fingerprint density at radius 2 is 2.21 bits per heavy atom. The summed E-state index contributed by atoms with van der Waals surface area (Å²) in [6.07, 6.45) is 4.45. The van der Waals surface area contributed by atoms with Gasteiger partial charge in [-0.15, -0.1) is 0 Å².